The molecule has 0 saturated carbocycles. The molecule has 40 heavy (non-hydrogen) atoms. The molecule has 0 saturated heterocycles. The summed E-state index contributed by atoms with van der Waals surface area (Å²) in [5, 5.41) is 0.386. The largest absolute Gasteiger partial charge is 0.462 e. The fraction of sp³-hybridized carbons (Fsp3) is 0.143. The van der Waals surface area contributed by atoms with E-state index in [-0.39, 0.29) is 56.3 Å². The summed E-state index contributed by atoms with van der Waals surface area (Å²) in [5.74, 6) is -1.05. The third-order valence-corrected chi connectivity index (χ3v) is 8.60. The van der Waals surface area contributed by atoms with E-state index in [1.165, 1.54) is 84.9 Å². The quantitative estimate of drug-likeness (QED) is 0.254. The van der Waals surface area contributed by atoms with E-state index in [1.807, 2.05) is 0 Å². The fourth-order valence-electron chi connectivity index (χ4n) is 3.92. The van der Waals surface area contributed by atoms with Gasteiger partial charge in [-0.1, -0.05) is 24.3 Å². The molecule has 10 nitrogen and oxygen atoms in total. The summed E-state index contributed by atoms with van der Waals surface area (Å²) in [5.41, 5.74) is 0.962. The first-order chi connectivity index (χ1) is 19.1. The van der Waals surface area contributed by atoms with Crippen LogP contribution in [0.5, 0.6) is 0 Å². The van der Waals surface area contributed by atoms with Crippen LogP contribution in [-0.2, 0) is 29.5 Å². The van der Waals surface area contributed by atoms with E-state index in [9.17, 15) is 26.4 Å². The van der Waals surface area contributed by atoms with E-state index in [4.69, 9.17) is 9.47 Å². The minimum absolute atomic E-state index is 0.129. The lowest BCUT2D eigenvalue weighted by Crippen LogP contribution is -2.15. The zero-order valence-corrected chi connectivity index (χ0v) is 23.2. The van der Waals surface area contributed by atoms with Gasteiger partial charge in [-0.05, 0) is 74.5 Å². The van der Waals surface area contributed by atoms with E-state index in [0.29, 0.717) is 0 Å². The smallest absolute Gasteiger partial charge is 0.338 e. The molecule has 208 valence electrons. The first-order valence-electron chi connectivity index (χ1n) is 12.2. The second-order valence-electron chi connectivity index (χ2n) is 8.41. The summed E-state index contributed by atoms with van der Waals surface area (Å²) >= 11 is 0. The molecule has 0 aliphatic heterocycles. The molecule has 0 amide bonds. The highest BCUT2D eigenvalue weighted by Crippen LogP contribution is 2.30. The van der Waals surface area contributed by atoms with Crippen molar-refractivity contribution in [3.8, 4) is 0 Å². The zero-order chi connectivity index (χ0) is 28.9. The number of sulfonamides is 2. The van der Waals surface area contributed by atoms with Gasteiger partial charge in [0.25, 0.3) is 20.0 Å². The SMILES string of the molecule is CCOC(=O)c1ccc(NS(=O)(=O)c2cccc3c(S(=O)(=O)Nc4ccc(C(=O)OCC)cc4)cccc23)cc1. The summed E-state index contributed by atoms with van der Waals surface area (Å²) in [6, 6.07) is 20.2. The van der Waals surface area contributed by atoms with Crippen molar-refractivity contribution >= 4 is 54.1 Å². The van der Waals surface area contributed by atoms with Gasteiger partial charge in [-0.25, -0.2) is 26.4 Å². The minimum atomic E-state index is -4.15. The van der Waals surface area contributed by atoms with Crippen LogP contribution in [0, 0.1) is 0 Å². The number of benzene rings is 4. The Morgan fingerprint density at radius 1 is 0.575 bits per heavy atom. The topological polar surface area (TPSA) is 145 Å². The Bertz CT molecular complexity index is 1640. The Hall–Kier alpha value is -4.42. The van der Waals surface area contributed by atoms with Gasteiger partial charge < -0.3 is 9.47 Å². The normalized spacial score (nSPS) is 11.6. The van der Waals surface area contributed by atoms with E-state index in [1.54, 1.807) is 13.8 Å². The second-order valence-corrected chi connectivity index (χ2v) is 11.7. The number of rotatable bonds is 10. The Morgan fingerprint density at radius 3 is 1.25 bits per heavy atom. The van der Waals surface area contributed by atoms with E-state index in [2.05, 4.69) is 9.44 Å². The van der Waals surface area contributed by atoms with Gasteiger partial charge in [0.1, 0.15) is 0 Å². The number of nitrogens with one attached hydrogen (secondary N) is 2. The highest BCUT2D eigenvalue weighted by molar-refractivity contribution is 7.93. The Balaban J connectivity index is 1.63. The molecule has 4 aromatic carbocycles. The first kappa shape index (κ1) is 28.6. The van der Waals surface area contributed by atoms with Crippen LogP contribution in [0.3, 0.4) is 0 Å². The number of hydrogen-bond acceptors (Lipinski definition) is 8. The van der Waals surface area contributed by atoms with Crippen molar-refractivity contribution in [3.63, 3.8) is 0 Å². The molecule has 4 aromatic rings. The predicted molar refractivity (Wildman–Crippen MR) is 150 cm³/mol. The van der Waals surface area contributed by atoms with Crippen molar-refractivity contribution in [3.05, 3.63) is 96.1 Å². The molecule has 0 unspecified atom stereocenters. The Labute approximate surface area is 232 Å². The van der Waals surface area contributed by atoms with Crippen LogP contribution in [0.4, 0.5) is 11.4 Å². The average molecular weight is 583 g/mol. The van der Waals surface area contributed by atoms with Crippen LogP contribution in [0.25, 0.3) is 10.8 Å². The first-order valence-corrected chi connectivity index (χ1v) is 15.1. The van der Waals surface area contributed by atoms with Gasteiger partial charge in [0, 0.05) is 22.1 Å². The molecule has 0 aliphatic rings. The van der Waals surface area contributed by atoms with E-state index >= 15 is 0 Å². The van der Waals surface area contributed by atoms with Crippen LogP contribution in [0.15, 0.2) is 94.7 Å². The number of hydrogen-bond donors (Lipinski definition) is 2. The van der Waals surface area contributed by atoms with Gasteiger partial charge in [0.15, 0.2) is 0 Å². The van der Waals surface area contributed by atoms with Crippen LogP contribution in [0.2, 0.25) is 0 Å². The molecular weight excluding hydrogens is 556 g/mol. The maximum absolute atomic E-state index is 13.3. The third kappa shape index (κ3) is 6.24. The van der Waals surface area contributed by atoms with Crippen LogP contribution >= 0.6 is 0 Å². The number of ether oxygens (including phenoxy) is 2. The second kappa shape index (κ2) is 11.8. The van der Waals surface area contributed by atoms with Gasteiger partial charge in [-0.2, -0.15) is 0 Å². The molecule has 0 heterocycles. The Morgan fingerprint density at radius 2 is 0.925 bits per heavy atom. The lowest BCUT2D eigenvalue weighted by Gasteiger charge is -2.14. The highest BCUT2D eigenvalue weighted by atomic mass is 32.2. The van der Waals surface area contributed by atoms with Gasteiger partial charge >= 0.3 is 11.9 Å². The summed E-state index contributed by atoms with van der Waals surface area (Å²) in [7, 11) is -8.29. The van der Waals surface area contributed by atoms with Crippen molar-refractivity contribution in [1.82, 2.24) is 0 Å². The lowest BCUT2D eigenvalue weighted by molar-refractivity contribution is 0.0517. The fourth-order valence-corrected chi connectivity index (χ4v) is 6.48. The van der Waals surface area contributed by atoms with Crippen molar-refractivity contribution < 1.29 is 35.9 Å². The highest BCUT2D eigenvalue weighted by Gasteiger charge is 2.23. The number of carbonyl (C=O) groups excluding carboxylic acids is 2. The molecule has 0 fully saturated rings. The maximum Gasteiger partial charge on any atom is 0.338 e. The van der Waals surface area contributed by atoms with Gasteiger partial charge in [0.05, 0.1) is 34.1 Å². The summed E-state index contributed by atoms with van der Waals surface area (Å²) in [6.07, 6.45) is 0. The summed E-state index contributed by atoms with van der Waals surface area (Å²) < 4.78 is 68.1. The van der Waals surface area contributed by atoms with Crippen LogP contribution < -0.4 is 9.44 Å². The maximum atomic E-state index is 13.3. The average Bonchev–Trinajstić information content (AvgIpc) is 2.93. The molecule has 4 rings (SSSR count). The summed E-state index contributed by atoms with van der Waals surface area (Å²) in [6.45, 7) is 3.79. The molecule has 0 aliphatic carbocycles. The number of anilines is 2. The van der Waals surface area contributed by atoms with Crippen molar-refractivity contribution in [2.24, 2.45) is 0 Å². The van der Waals surface area contributed by atoms with Gasteiger partial charge in [0.2, 0.25) is 0 Å². The number of esters is 2. The predicted octanol–water partition coefficient (Wildman–Crippen LogP) is 4.79. The summed E-state index contributed by atoms with van der Waals surface area (Å²) in [4.78, 5) is 23.5. The van der Waals surface area contributed by atoms with Gasteiger partial charge in [-0.15, -0.1) is 0 Å². The molecule has 0 bridgehead atoms. The lowest BCUT2D eigenvalue weighted by atomic mass is 10.1. The zero-order valence-electron chi connectivity index (χ0n) is 21.6. The van der Waals surface area contributed by atoms with Crippen molar-refractivity contribution in [1.29, 1.82) is 0 Å². The number of fused-ring (bicyclic) bond motifs is 1. The van der Waals surface area contributed by atoms with Crippen LogP contribution in [-0.4, -0.2) is 42.0 Å². The standard InChI is InChI=1S/C28H26N2O8S2/c1-3-37-27(31)19-11-15-21(16-12-19)29-39(33,34)25-9-5-8-24-23(25)7-6-10-26(24)40(35,36)30-22-17-13-20(14-18-22)28(32)38-4-2/h5-18,29-30H,3-4H2,1-2H3. The molecule has 0 radical (unpaired) electrons. The van der Waals surface area contributed by atoms with Crippen molar-refractivity contribution in [2.45, 2.75) is 23.6 Å². The van der Waals surface area contributed by atoms with E-state index < -0.39 is 32.0 Å². The number of carbonyl (C=O) groups is 2. The molecule has 2 N–H and O–H groups in total. The van der Waals surface area contributed by atoms with Crippen LogP contribution in [0.1, 0.15) is 34.6 Å². The molecule has 0 spiro atoms. The molecule has 0 atom stereocenters. The van der Waals surface area contributed by atoms with Gasteiger partial charge in [-0.3, -0.25) is 9.44 Å². The van der Waals surface area contributed by atoms with E-state index in [0.717, 1.165) is 0 Å². The molecule has 12 heteroatoms. The molecular formula is C28H26N2O8S2. The van der Waals surface area contributed by atoms with Crippen molar-refractivity contribution in [2.75, 3.05) is 22.7 Å². The minimum Gasteiger partial charge on any atom is -0.462 e. The third-order valence-electron chi connectivity index (χ3n) is 5.72. The monoisotopic (exact) mass is 582 g/mol. The Kier molecular flexibility index (Phi) is 8.40. The molecule has 0 aromatic heterocycles.